The quantitative estimate of drug-likeness (QED) is 0.870. The monoisotopic (exact) mass is 313 g/mol. The predicted molar refractivity (Wildman–Crippen MR) is 68.5 cm³/mol. The third kappa shape index (κ3) is 2.86. The van der Waals surface area contributed by atoms with E-state index >= 15 is 0 Å². The van der Waals surface area contributed by atoms with Gasteiger partial charge in [0.25, 0.3) is 0 Å². The van der Waals surface area contributed by atoms with Gasteiger partial charge in [-0.25, -0.2) is 4.39 Å². The lowest BCUT2D eigenvalue weighted by Gasteiger charge is -2.09. The van der Waals surface area contributed by atoms with Crippen molar-refractivity contribution in [2.45, 2.75) is 6.54 Å². The molecule has 0 fully saturated rings. The fourth-order valence-electron chi connectivity index (χ4n) is 1.47. The van der Waals surface area contributed by atoms with Crippen LogP contribution in [0, 0.1) is 11.6 Å². The van der Waals surface area contributed by atoms with Crippen molar-refractivity contribution in [3.63, 3.8) is 0 Å². The Morgan fingerprint density at radius 3 is 2.67 bits per heavy atom. The van der Waals surface area contributed by atoms with Gasteiger partial charge in [0, 0.05) is 11.0 Å². The molecule has 0 unspecified atom stereocenters. The van der Waals surface area contributed by atoms with E-state index in [9.17, 15) is 8.78 Å². The van der Waals surface area contributed by atoms with Crippen molar-refractivity contribution in [2.75, 3.05) is 0 Å². The third-order valence-corrected chi connectivity index (χ3v) is 2.78. The lowest BCUT2D eigenvalue weighted by Crippen LogP contribution is -1.97. The Morgan fingerprint density at radius 1 is 1.17 bits per heavy atom. The fourth-order valence-corrected chi connectivity index (χ4v) is 1.88. The molecule has 0 aliphatic heterocycles. The Labute approximate surface area is 112 Å². The maximum Gasteiger partial charge on any atom is 0.201 e. The van der Waals surface area contributed by atoms with E-state index in [0.717, 1.165) is 11.6 Å². The van der Waals surface area contributed by atoms with E-state index in [4.69, 9.17) is 10.5 Å². The van der Waals surface area contributed by atoms with Gasteiger partial charge in [-0.05, 0) is 29.8 Å². The largest absolute Gasteiger partial charge is 0.454 e. The van der Waals surface area contributed by atoms with E-state index in [2.05, 4.69) is 15.9 Å². The zero-order chi connectivity index (χ0) is 13.1. The minimum atomic E-state index is -1.02. The zero-order valence-corrected chi connectivity index (χ0v) is 10.9. The first kappa shape index (κ1) is 13.0. The summed E-state index contributed by atoms with van der Waals surface area (Å²) in [7, 11) is 0. The van der Waals surface area contributed by atoms with Crippen molar-refractivity contribution in [1.29, 1.82) is 0 Å². The Balaban J connectivity index is 2.33. The topological polar surface area (TPSA) is 35.2 Å². The van der Waals surface area contributed by atoms with Gasteiger partial charge >= 0.3 is 0 Å². The number of ether oxygens (including phenoxy) is 1. The zero-order valence-electron chi connectivity index (χ0n) is 9.29. The molecule has 0 radical (unpaired) electrons. The molecule has 2 N–H and O–H groups in total. The second kappa shape index (κ2) is 5.46. The molecule has 0 aromatic heterocycles. The second-order valence-corrected chi connectivity index (χ2v) is 4.57. The van der Waals surface area contributed by atoms with Gasteiger partial charge < -0.3 is 10.5 Å². The summed E-state index contributed by atoms with van der Waals surface area (Å²) in [5, 5.41) is 0. The van der Waals surface area contributed by atoms with Crippen molar-refractivity contribution in [1.82, 2.24) is 0 Å². The van der Waals surface area contributed by atoms with Crippen LogP contribution in [-0.2, 0) is 6.54 Å². The van der Waals surface area contributed by atoms with E-state index in [1.165, 1.54) is 6.07 Å². The highest BCUT2D eigenvalue weighted by Crippen LogP contribution is 2.29. The maximum atomic E-state index is 13.5. The summed E-state index contributed by atoms with van der Waals surface area (Å²) in [5.74, 6) is -1.74. The molecule has 0 amide bonds. The van der Waals surface area contributed by atoms with Crippen LogP contribution in [0.2, 0.25) is 0 Å². The average Bonchev–Trinajstić information content (AvgIpc) is 2.35. The SMILES string of the molecule is NCc1cccc(Oc2cc(Br)cc(F)c2F)c1. The van der Waals surface area contributed by atoms with Gasteiger partial charge in [0.1, 0.15) is 5.75 Å². The molecule has 0 aliphatic rings. The molecule has 0 bridgehead atoms. The number of nitrogens with two attached hydrogens (primary N) is 1. The second-order valence-electron chi connectivity index (χ2n) is 3.65. The van der Waals surface area contributed by atoms with Crippen molar-refractivity contribution in [3.8, 4) is 11.5 Å². The van der Waals surface area contributed by atoms with E-state index in [-0.39, 0.29) is 5.75 Å². The molecule has 0 aliphatic carbocycles. The van der Waals surface area contributed by atoms with E-state index in [1.54, 1.807) is 18.2 Å². The highest BCUT2D eigenvalue weighted by Gasteiger charge is 2.12. The Kier molecular flexibility index (Phi) is 3.93. The number of benzene rings is 2. The molecule has 18 heavy (non-hydrogen) atoms. The number of halogens is 3. The molecule has 94 valence electrons. The highest BCUT2D eigenvalue weighted by atomic mass is 79.9. The van der Waals surface area contributed by atoms with Crippen LogP contribution in [-0.4, -0.2) is 0 Å². The van der Waals surface area contributed by atoms with Crippen molar-refractivity contribution in [2.24, 2.45) is 5.73 Å². The molecule has 0 saturated heterocycles. The lowest BCUT2D eigenvalue weighted by atomic mass is 10.2. The summed E-state index contributed by atoms with van der Waals surface area (Å²) in [6.07, 6.45) is 0. The van der Waals surface area contributed by atoms with Gasteiger partial charge in [-0.15, -0.1) is 0 Å². The maximum absolute atomic E-state index is 13.5. The van der Waals surface area contributed by atoms with Crippen LogP contribution in [0.25, 0.3) is 0 Å². The minimum Gasteiger partial charge on any atom is -0.454 e. The number of hydrogen-bond acceptors (Lipinski definition) is 2. The molecule has 2 aromatic rings. The van der Waals surface area contributed by atoms with Crippen molar-refractivity contribution >= 4 is 15.9 Å². The van der Waals surface area contributed by atoms with Gasteiger partial charge in [-0.3, -0.25) is 0 Å². The number of rotatable bonds is 3. The van der Waals surface area contributed by atoms with E-state index in [0.29, 0.717) is 16.8 Å². The first-order chi connectivity index (χ1) is 8.60. The Bertz CT molecular complexity index is 575. The van der Waals surface area contributed by atoms with Crippen molar-refractivity contribution < 1.29 is 13.5 Å². The van der Waals surface area contributed by atoms with Crippen LogP contribution in [0.4, 0.5) is 8.78 Å². The highest BCUT2D eigenvalue weighted by molar-refractivity contribution is 9.10. The summed E-state index contributed by atoms with van der Waals surface area (Å²) in [5.41, 5.74) is 6.34. The molecular formula is C13H10BrF2NO. The van der Waals surface area contributed by atoms with E-state index in [1.807, 2.05) is 6.07 Å². The molecule has 2 aromatic carbocycles. The first-order valence-corrected chi connectivity index (χ1v) is 6.01. The summed E-state index contributed by atoms with van der Waals surface area (Å²) in [4.78, 5) is 0. The fraction of sp³-hybridized carbons (Fsp3) is 0.0769. The van der Waals surface area contributed by atoms with Crippen LogP contribution in [0.5, 0.6) is 11.5 Å². The molecule has 2 nitrogen and oxygen atoms in total. The van der Waals surface area contributed by atoms with Crippen LogP contribution in [0.1, 0.15) is 5.56 Å². The molecular weight excluding hydrogens is 304 g/mol. The smallest absolute Gasteiger partial charge is 0.201 e. The van der Waals surface area contributed by atoms with Gasteiger partial charge in [0.2, 0.25) is 5.82 Å². The Hall–Kier alpha value is -1.46. The molecule has 0 atom stereocenters. The molecule has 0 spiro atoms. The molecule has 5 heteroatoms. The van der Waals surface area contributed by atoms with Crippen LogP contribution in [0.15, 0.2) is 40.9 Å². The first-order valence-electron chi connectivity index (χ1n) is 5.21. The van der Waals surface area contributed by atoms with Crippen LogP contribution in [0.3, 0.4) is 0 Å². The van der Waals surface area contributed by atoms with Crippen LogP contribution >= 0.6 is 15.9 Å². The minimum absolute atomic E-state index is 0.170. The van der Waals surface area contributed by atoms with Gasteiger partial charge in [-0.1, -0.05) is 28.1 Å². The van der Waals surface area contributed by atoms with Gasteiger partial charge in [0.05, 0.1) is 0 Å². The number of hydrogen-bond donors (Lipinski definition) is 1. The summed E-state index contributed by atoms with van der Waals surface area (Å²) in [6.45, 7) is 0.354. The summed E-state index contributed by atoms with van der Waals surface area (Å²) >= 11 is 3.08. The van der Waals surface area contributed by atoms with Gasteiger partial charge in [0.15, 0.2) is 11.6 Å². The average molecular weight is 314 g/mol. The lowest BCUT2D eigenvalue weighted by molar-refractivity contribution is 0.415. The Morgan fingerprint density at radius 2 is 1.94 bits per heavy atom. The van der Waals surface area contributed by atoms with Gasteiger partial charge in [-0.2, -0.15) is 4.39 Å². The summed E-state index contributed by atoms with van der Waals surface area (Å²) < 4.78 is 32.4. The predicted octanol–water partition coefficient (Wildman–Crippen LogP) is 3.98. The summed E-state index contributed by atoms with van der Waals surface area (Å²) in [6, 6.07) is 9.30. The van der Waals surface area contributed by atoms with Crippen molar-refractivity contribution in [3.05, 3.63) is 58.1 Å². The standard InChI is InChI=1S/C13H10BrF2NO/c14-9-5-11(15)13(16)12(6-9)18-10-3-1-2-8(4-10)7-17/h1-6H,7,17H2. The molecule has 0 heterocycles. The van der Waals surface area contributed by atoms with E-state index < -0.39 is 11.6 Å². The third-order valence-electron chi connectivity index (χ3n) is 2.32. The molecule has 0 saturated carbocycles. The molecule has 2 rings (SSSR count). The van der Waals surface area contributed by atoms with Crippen LogP contribution < -0.4 is 10.5 Å². The normalized spacial score (nSPS) is 10.4.